The molecule has 16 heavy (non-hydrogen) atoms. The molecule has 2 fully saturated rings. The maximum Gasteiger partial charge on any atom is 0.305 e. The van der Waals surface area contributed by atoms with Gasteiger partial charge in [0, 0.05) is 19.6 Å². The molecule has 4 heteroatoms. The number of nitrogens with one attached hydrogen (secondary N) is 2. The number of aliphatic carboxylic acids is 1. The molecule has 0 unspecified atom stereocenters. The van der Waals surface area contributed by atoms with Gasteiger partial charge in [0.15, 0.2) is 0 Å². The van der Waals surface area contributed by atoms with Crippen LogP contribution in [-0.2, 0) is 4.79 Å². The minimum Gasteiger partial charge on any atom is -0.481 e. The Hall–Kier alpha value is -0.610. The molecule has 3 N–H and O–H groups in total. The highest BCUT2D eigenvalue weighted by Gasteiger charge is 2.45. The first-order valence-corrected chi connectivity index (χ1v) is 6.27. The molecule has 1 heterocycles. The molecule has 92 valence electrons. The van der Waals surface area contributed by atoms with Crippen LogP contribution in [0.25, 0.3) is 0 Å². The maximum atomic E-state index is 10.8. The Morgan fingerprint density at radius 1 is 1.44 bits per heavy atom. The number of rotatable bonds is 7. The molecule has 0 aromatic carbocycles. The van der Waals surface area contributed by atoms with Crippen LogP contribution in [0, 0.1) is 5.41 Å². The first-order valence-electron chi connectivity index (χ1n) is 6.27. The van der Waals surface area contributed by atoms with Crippen LogP contribution in [0.15, 0.2) is 0 Å². The second-order valence-corrected chi connectivity index (χ2v) is 5.56. The summed E-state index contributed by atoms with van der Waals surface area (Å²) in [6.07, 6.45) is 5.36. The van der Waals surface area contributed by atoms with Gasteiger partial charge >= 0.3 is 5.97 Å². The number of hydrogen-bond donors (Lipinski definition) is 3. The molecule has 2 aliphatic rings. The van der Waals surface area contributed by atoms with Gasteiger partial charge in [0.05, 0.1) is 12.0 Å². The summed E-state index contributed by atoms with van der Waals surface area (Å²) in [5.74, 6) is -0.700. The molecule has 0 radical (unpaired) electrons. The summed E-state index contributed by atoms with van der Waals surface area (Å²) in [6.45, 7) is 4.80. The largest absolute Gasteiger partial charge is 0.481 e. The highest BCUT2D eigenvalue weighted by molar-refractivity contribution is 5.68. The van der Waals surface area contributed by atoms with E-state index in [4.69, 9.17) is 5.11 Å². The summed E-state index contributed by atoms with van der Waals surface area (Å²) in [6, 6.07) is 0. The summed E-state index contributed by atoms with van der Waals surface area (Å²) in [5.41, 5.74) is 0.324. The van der Waals surface area contributed by atoms with E-state index >= 15 is 0 Å². The molecule has 2 rings (SSSR count). The summed E-state index contributed by atoms with van der Waals surface area (Å²) in [7, 11) is 0. The van der Waals surface area contributed by atoms with Crippen LogP contribution in [0.4, 0.5) is 0 Å². The molecule has 4 nitrogen and oxygen atoms in total. The van der Waals surface area contributed by atoms with Gasteiger partial charge in [0.1, 0.15) is 0 Å². The average molecular weight is 226 g/mol. The van der Waals surface area contributed by atoms with Crippen molar-refractivity contribution in [3.8, 4) is 0 Å². The minimum absolute atomic E-state index is 0.171. The fourth-order valence-electron chi connectivity index (χ4n) is 2.63. The maximum absolute atomic E-state index is 10.8. The number of hydrogen-bond acceptors (Lipinski definition) is 3. The van der Waals surface area contributed by atoms with Crippen LogP contribution < -0.4 is 10.6 Å². The van der Waals surface area contributed by atoms with Crippen molar-refractivity contribution >= 4 is 5.97 Å². The van der Waals surface area contributed by atoms with Gasteiger partial charge in [-0.2, -0.15) is 0 Å². The van der Waals surface area contributed by atoms with Crippen molar-refractivity contribution in [2.24, 2.45) is 5.41 Å². The van der Waals surface area contributed by atoms with Crippen molar-refractivity contribution in [3.63, 3.8) is 0 Å². The van der Waals surface area contributed by atoms with Crippen molar-refractivity contribution < 1.29 is 9.90 Å². The fraction of sp³-hybridized carbons (Fsp3) is 0.917. The van der Waals surface area contributed by atoms with Crippen LogP contribution in [0.2, 0.25) is 0 Å². The Bertz CT molecular complexity index is 270. The van der Waals surface area contributed by atoms with Crippen LogP contribution >= 0.6 is 0 Å². The molecule has 1 aliphatic carbocycles. The van der Waals surface area contributed by atoms with Crippen LogP contribution in [0.1, 0.15) is 39.0 Å². The first-order chi connectivity index (χ1) is 7.60. The van der Waals surface area contributed by atoms with E-state index in [1.54, 1.807) is 0 Å². The van der Waals surface area contributed by atoms with E-state index in [0.29, 0.717) is 5.41 Å². The molecule has 1 saturated heterocycles. The molecular weight excluding hydrogens is 204 g/mol. The van der Waals surface area contributed by atoms with Crippen molar-refractivity contribution in [1.82, 2.24) is 10.6 Å². The Balaban J connectivity index is 1.81. The Kier molecular flexibility index (Phi) is 3.22. The second kappa shape index (κ2) is 4.34. The van der Waals surface area contributed by atoms with Crippen molar-refractivity contribution in [1.29, 1.82) is 0 Å². The third-order valence-corrected chi connectivity index (χ3v) is 3.99. The van der Waals surface area contributed by atoms with E-state index in [-0.39, 0.29) is 12.0 Å². The Labute approximate surface area is 96.8 Å². The second-order valence-electron chi connectivity index (χ2n) is 5.56. The topological polar surface area (TPSA) is 61.4 Å². The van der Waals surface area contributed by atoms with E-state index in [0.717, 1.165) is 19.6 Å². The average Bonchev–Trinajstić information content (AvgIpc) is 2.90. The zero-order chi connectivity index (χ0) is 11.6. The van der Waals surface area contributed by atoms with Crippen LogP contribution in [0.3, 0.4) is 0 Å². The minimum atomic E-state index is -0.700. The summed E-state index contributed by atoms with van der Waals surface area (Å²) < 4.78 is 0. The highest BCUT2D eigenvalue weighted by atomic mass is 16.4. The molecule has 0 spiro atoms. The molecule has 0 aromatic heterocycles. The molecule has 1 aliphatic heterocycles. The van der Waals surface area contributed by atoms with Crippen LogP contribution in [-0.4, -0.2) is 36.2 Å². The number of carboxylic acid groups (broad SMARTS) is 1. The summed E-state index contributed by atoms with van der Waals surface area (Å²) >= 11 is 0. The third kappa shape index (κ3) is 2.55. The zero-order valence-corrected chi connectivity index (χ0v) is 10.0. The lowest BCUT2D eigenvalue weighted by atomic mass is 9.87. The van der Waals surface area contributed by atoms with Gasteiger partial charge in [-0.25, -0.2) is 0 Å². The lowest BCUT2D eigenvalue weighted by Gasteiger charge is -2.43. The molecule has 0 amide bonds. The predicted octanol–water partition coefficient (Wildman–Crippen LogP) is 0.973. The van der Waals surface area contributed by atoms with Gasteiger partial charge in [-0.1, -0.05) is 13.3 Å². The number of carbonyl (C=O) groups is 1. The monoisotopic (exact) mass is 226 g/mol. The smallest absolute Gasteiger partial charge is 0.305 e. The SMILES string of the molecule is CCCC1(CNC2(CC(=O)O)CNC2)CC1. The van der Waals surface area contributed by atoms with Gasteiger partial charge < -0.3 is 15.7 Å². The molecule has 0 bridgehead atoms. The summed E-state index contributed by atoms with van der Waals surface area (Å²) in [4.78, 5) is 10.8. The van der Waals surface area contributed by atoms with Gasteiger partial charge in [0.2, 0.25) is 0 Å². The van der Waals surface area contributed by atoms with E-state index in [2.05, 4.69) is 17.6 Å². The predicted molar refractivity (Wildman–Crippen MR) is 62.4 cm³/mol. The lowest BCUT2D eigenvalue weighted by Crippen LogP contribution is -2.69. The molecule has 0 aromatic rings. The van der Waals surface area contributed by atoms with Gasteiger partial charge in [0.25, 0.3) is 0 Å². The first kappa shape index (κ1) is 11.9. The molecular formula is C12H22N2O2. The zero-order valence-electron chi connectivity index (χ0n) is 10.0. The summed E-state index contributed by atoms with van der Waals surface area (Å²) in [5, 5.41) is 15.6. The van der Waals surface area contributed by atoms with E-state index in [1.165, 1.54) is 25.7 Å². The Morgan fingerprint density at radius 3 is 2.50 bits per heavy atom. The van der Waals surface area contributed by atoms with E-state index in [9.17, 15) is 4.79 Å². The number of carboxylic acids is 1. The van der Waals surface area contributed by atoms with Crippen LogP contribution in [0.5, 0.6) is 0 Å². The highest BCUT2D eigenvalue weighted by Crippen LogP contribution is 2.49. The van der Waals surface area contributed by atoms with Gasteiger partial charge in [-0.05, 0) is 24.7 Å². The van der Waals surface area contributed by atoms with E-state index < -0.39 is 5.97 Å². The van der Waals surface area contributed by atoms with Crippen molar-refractivity contribution in [2.75, 3.05) is 19.6 Å². The normalized spacial score (nSPS) is 24.8. The lowest BCUT2D eigenvalue weighted by molar-refractivity contribution is -0.139. The Morgan fingerprint density at radius 2 is 2.12 bits per heavy atom. The third-order valence-electron chi connectivity index (χ3n) is 3.99. The van der Waals surface area contributed by atoms with Crippen molar-refractivity contribution in [3.05, 3.63) is 0 Å². The molecule has 1 saturated carbocycles. The van der Waals surface area contributed by atoms with Crippen molar-refractivity contribution in [2.45, 2.75) is 44.6 Å². The quantitative estimate of drug-likeness (QED) is 0.605. The van der Waals surface area contributed by atoms with Gasteiger partial charge in [-0.3, -0.25) is 4.79 Å². The van der Waals surface area contributed by atoms with E-state index in [1.807, 2.05) is 0 Å². The molecule has 0 atom stereocenters. The fourth-order valence-corrected chi connectivity index (χ4v) is 2.63. The standard InChI is InChI=1S/C12H22N2O2/c1-2-3-11(4-5-11)7-14-12(6-10(15)16)8-13-9-12/h13-14H,2-9H2,1H3,(H,15,16). The van der Waals surface area contributed by atoms with Gasteiger partial charge in [-0.15, -0.1) is 0 Å².